The van der Waals surface area contributed by atoms with Crippen LogP contribution in [-0.4, -0.2) is 18.1 Å². The molecular weight excluding hydrogens is 192 g/mol. The summed E-state index contributed by atoms with van der Waals surface area (Å²) in [7, 11) is 1.43. The van der Waals surface area contributed by atoms with Crippen LogP contribution in [0.3, 0.4) is 0 Å². The van der Waals surface area contributed by atoms with Crippen molar-refractivity contribution in [1.29, 1.82) is 0 Å². The average Bonchev–Trinajstić information content (AvgIpc) is 2.11. The highest BCUT2D eigenvalue weighted by Crippen LogP contribution is 2.16. The molecule has 0 aromatic heterocycles. The second-order valence-electron chi connectivity index (χ2n) is 2.73. The van der Waals surface area contributed by atoms with Gasteiger partial charge in [-0.25, -0.2) is 8.78 Å². The summed E-state index contributed by atoms with van der Waals surface area (Å²) in [5, 5.41) is 11.2. The van der Waals surface area contributed by atoms with Crippen LogP contribution in [0.25, 0.3) is 0 Å². The molecule has 0 aliphatic heterocycles. The SMILES string of the molecule is CNC(C(=O)O)c1ccc(F)c(F)c1. The van der Waals surface area contributed by atoms with Gasteiger partial charge in [-0.3, -0.25) is 4.79 Å². The van der Waals surface area contributed by atoms with Gasteiger partial charge in [0.15, 0.2) is 11.6 Å². The van der Waals surface area contributed by atoms with Gasteiger partial charge in [-0.1, -0.05) is 6.07 Å². The third-order valence-electron chi connectivity index (χ3n) is 1.81. The quantitative estimate of drug-likeness (QED) is 0.775. The van der Waals surface area contributed by atoms with Gasteiger partial charge < -0.3 is 10.4 Å². The zero-order valence-electron chi connectivity index (χ0n) is 7.42. The molecule has 1 aromatic rings. The van der Waals surface area contributed by atoms with Crippen LogP contribution in [0.2, 0.25) is 0 Å². The first kappa shape index (κ1) is 10.6. The number of hydrogen-bond acceptors (Lipinski definition) is 2. The maximum atomic E-state index is 12.7. The molecule has 0 fully saturated rings. The molecule has 0 bridgehead atoms. The van der Waals surface area contributed by atoms with Crippen molar-refractivity contribution in [3.05, 3.63) is 35.4 Å². The van der Waals surface area contributed by atoms with Gasteiger partial charge in [0, 0.05) is 0 Å². The molecule has 0 saturated carbocycles. The topological polar surface area (TPSA) is 49.3 Å². The summed E-state index contributed by atoms with van der Waals surface area (Å²) in [6.45, 7) is 0. The lowest BCUT2D eigenvalue weighted by atomic mass is 10.1. The standard InChI is InChI=1S/C9H9F2NO2/c1-12-8(9(13)14)5-2-3-6(10)7(11)4-5/h2-4,8,12H,1H3,(H,13,14). The molecule has 0 aliphatic rings. The van der Waals surface area contributed by atoms with Gasteiger partial charge in [0.1, 0.15) is 6.04 Å². The molecule has 0 heterocycles. The van der Waals surface area contributed by atoms with Crippen molar-refractivity contribution in [2.75, 3.05) is 7.05 Å². The van der Waals surface area contributed by atoms with Crippen molar-refractivity contribution in [3.63, 3.8) is 0 Å². The fourth-order valence-corrected chi connectivity index (χ4v) is 1.12. The molecule has 0 amide bonds. The van der Waals surface area contributed by atoms with Gasteiger partial charge in [-0.2, -0.15) is 0 Å². The van der Waals surface area contributed by atoms with Crippen LogP contribution >= 0.6 is 0 Å². The molecule has 3 nitrogen and oxygen atoms in total. The van der Waals surface area contributed by atoms with E-state index in [1.807, 2.05) is 0 Å². The highest BCUT2D eigenvalue weighted by atomic mass is 19.2. The van der Waals surface area contributed by atoms with E-state index in [-0.39, 0.29) is 5.56 Å². The van der Waals surface area contributed by atoms with Gasteiger partial charge >= 0.3 is 5.97 Å². The van der Waals surface area contributed by atoms with Crippen LogP contribution in [0.4, 0.5) is 8.78 Å². The number of benzene rings is 1. The summed E-state index contributed by atoms with van der Waals surface area (Å²) in [4.78, 5) is 10.6. The van der Waals surface area contributed by atoms with Crippen molar-refractivity contribution >= 4 is 5.97 Å². The van der Waals surface area contributed by atoms with Crippen molar-refractivity contribution < 1.29 is 18.7 Å². The number of hydrogen-bond donors (Lipinski definition) is 2. The van der Waals surface area contributed by atoms with Gasteiger partial charge in [-0.05, 0) is 24.7 Å². The maximum absolute atomic E-state index is 12.7. The van der Waals surface area contributed by atoms with Gasteiger partial charge in [0.05, 0.1) is 0 Å². The van der Waals surface area contributed by atoms with E-state index in [0.29, 0.717) is 0 Å². The van der Waals surface area contributed by atoms with Gasteiger partial charge in [0.2, 0.25) is 0 Å². The summed E-state index contributed by atoms with van der Waals surface area (Å²) in [6.07, 6.45) is 0. The predicted octanol–water partition coefficient (Wildman–Crippen LogP) is 1.31. The molecule has 1 atom stereocenters. The van der Waals surface area contributed by atoms with E-state index in [1.165, 1.54) is 13.1 Å². The van der Waals surface area contributed by atoms with Crippen molar-refractivity contribution in [3.8, 4) is 0 Å². The van der Waals surface area contributed by atoms with E-state index in [9.17, 15) is 13.6 Å². The third kappa shape index (κ3) is 2.05. The first-order chi connectivity index (χ1) is 6.56. The molecule has 14 heavy (non-hydrogen) atoms. The zero-order valence-corrected chi connectivity index (χ0v) is 7.42. The minimum Gasteiger partial charge on any atom is -0.480 e. The summed E-state index contributed by atoms with van der Waals surface area (Å²) in [5.41, 5.74) is 0.180. The molecule has 1 rings (SSSR count). The van der Waals surface area contributed by atoms with E-state index < -0.39 is 23.6 Å². The summed E-state index contributed by atoms with van der Waals surface area (Å²) < 4.78 is 25.3. The zero-order chi connectivity index (χ0) is 10.7. The fourth-order valence-electron chi connectivity index (χ4n) is 1.12. The Balaban J connectivity index is 3.06. The lowest BCUT2D eigenvalue weighted by Gasteiger charge is -2.11. The fraction of sp³-hybridized carbons (Fsp3) is 0.222. The number of likely N-dealkylation sites (N-methyl/N-ethyl adjacent to an activating group) is 1. The molecule has 2 N–H and O–H groups in total. The number of carbonyl (C=O) groups is 1. The van der Waals surface area contributed by atoms with Crippen LogP contribution in [0.15, 0.2) is 18.2 Å². The number of rotatable bonds is 3. The van der Waals surface area contributed by atoms with E-state index >= 15 is 0 Å². The molecule has 1 aromatic carbocycles. The van der Waals surface area contributed by atoms with E-state index in [0.717, 1.165) is 12.1 Å². The van der Waals surface area contributed by atoms with Crippen LogP contribution in [0.5, 0.6) is 0 Å². The number of nitrogens with one attached hydrogen (secondary N) is 1. The number of aliphatic carboxylic acids is 1. The second kappa shape index (κ2) is 4.15. The van der Waals surface area contributed by atoms with Crippen LogP contribution in [-0.2, 0) is 4.79 Å². The Morgan fingerprint density at radius 1 is 1.43 bits per heavy atom. The van der Waals surface area contributed by atoms with Crippen LogP contribution in [0, 0.1) is 11.6 Å². The summed E-state index contributed by atoms with van der Waals surface area (Å²) in [6, 6.07) is 1.97. The van der Waals surface area contributed by atoms with Crippen molar-refractivity contribution in [2.24, 2.45) is 0 Å². The largest absolute Gasteiger partial charge is 0.480 e. The van der Waals surface area contributed by atoms with Crippen molar-refractivity contribution in [1.82, 2.24) is 5.32 Å². The second-order valence-corrected chi connectivity index (χ2v) is 2.73. The number of carboxylic acid groups (broad SMARTS) is 1. The van der Waals surface area contributed by atoms with E-state index in [2.05, 4.69) is 5.32 Å². The Morgan fingerprint density at radius 2 is 2.07 bits per heavy atom. The van der Waals surface area contributed by atoms with E-state index in [4.69, 9.17) is 5.11 Å². The maximum Gasteiger partial charge on any atom is 0.325 e. The number of carboxylic acids is 1. The molecule has 0 radical (unpaired) electrons. The molecule has 5 heteroatoms. The Morgan fingerprint density at radius 3 is 2.50 bits per heavy atom. The first-order valence-electron chi connectivity index (χ1n) is 3.91. The lowest BCUT2D eigenvalue weighted by molar-refractivity contribution is -0.139. The highest BCUT2D eigenvalue weighted by molar-refractivity contribution is 5.75. The smallest absolute Gasteiger partial charge is 0.325 e. The third-order valence-corrected chi connectivity index (χ3v) is 1.81. The van der Waals surface area contributed by atoms with Gasteiger partial charge in [-0.15, -0.1) is 0 Å². The molecular formula is C9H9F2NO2. The molecule has 0 spiro atoms. The van der Waals surface area contributed by atoms with Crippen LogP contribution in [0.1, 0.15) is 11.6 Å². The Hall–Kier alpha value is -1.49. The highest BCUT2D eigenvalue weighted by Gasteiger charge is 2.18. The molecule has 1 unspecified atom stereocenters. The number of halogens is 2. The first-order valence-corrected chi connectivity index (χ1v) is 3.91. The molecule has 76 valence electrons. The molecule has 0 aliphatic carbocycles. The predicted molar refractivity (Wildman–Crippen MR) is 45.8 cm³/mol. The normalized spacial score (nSPS) is 12.5. The Labute approximate surface area is 79.4 Å². The van der Waals surface area contributed by atoms with E-state index in [1.54, 1.807) is 0 Å². The van der Waals surface area contributed by atoms with Gasteiger partial charge in [0.25, 0.3) is 0 Å². The minimum absolute atomic E-state index is 0.180. The Kier molecular flexibility index (Phi) is 3.14. The monoisotopic (exact) mass is 201 g/mol. The Bertz CT molecular complexity index is 355. The van der Waals surface area contributed by atoms with Crippen molar-refractivity contribution in [2.45, 2.75) is 6.04 Å². The summed E-state index contributed by atoms with van der Waals surface area (Å²) in [5.74, 6) is -3.18. The minimum atomic E-state index is -1.14. The van der Waals surface area contributed by atoms with Crippen LogP contribution < -0.4 is 5.32 Å². The molecule has 0 saturated heterocycles. The lowest BCUT2D eigenvalue weighted by Crippen LogP contribution is -2.25. The average molecular weight is 201 g/mol. The summed E-state index contributed by atoms with van der Waals surface area (Å²) >= 11 is 0.